The highest BCUT2D eigenvalue weighted by Gasteiger charge is 2.17. The topological polar surface area (TPSA) is 61.8 Å². The minimum absolute atomic E-state index is 0.0840. The maximum atomic E-state index is 12.6. The molecule has 0 aliphatic carbocycles. The second-order valence-electron chi connectivity index (χ2n) is 14.2. The fourth-order valence-electron chi connectivity index (χ4n) is 5.99. The zero-order valence-electron chi connectivity index (χ0n) is 33.4. The predicted octanol–water partition coefficient (Wildman–Crippen LogP) is 13.9. The lowest BCUT2D eigenvalue weighted by molar-refractivity contribution is -0.163. The molecule has 0 N–H and O–H groups in total. The molecule has 0 saturated carbocycles. The SMILES string of the molecule is CC/C=C\C/C=C\C/C=C\CCCCCCCCOCC(COC(=O)CCCCCCCCCCCCC)OC(=O)CCCCCCCCC. The number of rotatable bonds is 39. The summed E-state index contributed by atoms with van der Waals surface area (Å²) >= 11 is 0. The summed E-state index contributed by atoms with van der Waals surface area (Å²) in [6, 6.07) is 0. The molecule has 5 nitrogen and oxygen atoms in total. The van der Waals surface area contributed by atoms with Gasteiger partial charge in [0.2, 0.25) is 0 Å². The van der Waals surface area contributed by atoms with Crippen LogP contribution in [0.5, 0.6) is 0 Å². The van der Waals surface area contributed by atoms with E-state index in [1.165, 1.54) is 116 Å². The van der Waals surface area contributed by atoms with Gasteiger partial charge in [-0.05, 0) is 51.4 Å². The van der Waals surface area contributed by atoms with E-state index >= 15 is 0 Å². The Morgan fingerprint density at radius 3 is 1.44 bits per heavy atom. The standard InChI is InChI=1S/C45H82O5/c1-4-7-10-13-16-18-20-21-22-23-24-26-28-31-34-37-40-48-41-43(50-45(47)39-36-33-29-15-12-9-6-3)42-49-44(46)38-35-32-30-27-25-19-17-14-11-8-5-2/h7,10,16,18,21-22,43H,4-6,8-9,11-15,17,19-20,23-42H2,1-3H3/b10-7-,18-16-,22-21-. The molecule has 0 aliphatic rings. The van der Waals surface area contributed by atoms with Gasteiger partial charge in [0.1, 0.15) is 6.61 Å². The van der Waals surface area contributed by atoms with Crippen molar-refractivity contribution in [2.75, 3.05) is 19.8 Å². The van der Waals surface area contributed by atoms with E-state index in [1.807, 2.05) is 0 Å². The first kappa shape index (κ1) is 48.1. The van der Waals surface area contributed by atoms with Crippen molar-refractivity contribution in [3.63, 3.8) is 0 Å². The number of unbranched alkanes of at least 4 members (excludes halogenated alkanes) is 22. The van der Waals surface area contributed by atoms with Crippen molar-refractivity contribution in [3.8, 4) is 0 Å². The summed E-state index contributed by atoms with van der Waals surface area (Å²) in [5.41, 5.74) is 0. The van der Waals surface area contributed by atoms with Crippen molar-refractivity contribution in [2.45, 2.75) is 219 Å². The molecular weight excluding hydrogens is 620 g/mol. The molecular formula is C45H82O5. The van der Waals surface area contributed by atoms with E-state index < -0.39 is 6.10 Å². The van der Waals surface area contributed by atoms with Crippen molar-refractivity contribution in [2.24, 2.45) is 0 Å². The molecule has 5 heteroatoms. The molecule has 0 aromatic rings. The highest BCUT2D eigenvalue weighted by Crippen LogP contribution is 2.14. The summed E-state index contributed by atoms with van der Waals surface area (Å²) in [5.74, 6) is -0.406. The molecule has 0 heterocycles. The Morgan fingerprint density at radius 1 is 0.460 bits per heavy atom. The zero-order valence-corrected chi connectivity index (χ0v) is 33.4. The maximum absolute atomic E-state index is 12.6. The number of carbonyl (C=O) groups excluding carboxylic acids is 2. The van der Waals surface area contributed by atoms with Crippen LogP contribution in [0, 0.1) is 0 Å². The smallest absolute Gasteiger partial charge is 0.306 e. The van der Waals surface area contributed by atoms with E-state index in [-0.39, 0.29) is 25.2 Å². The number of esters is 2. The van der Waals surface area contributed by atoms with Gasteiger partial charge < -0.3 is 14.2 Å². The van der Waals surface area contributed by atoms with Crippen LogP contribution >= 0.6 is 0 Å². The predicted molar refractivity (Wildman–Crippen MR) is 215 cm³/mol. The van der Waals surface area contributed by atoms with Gasteiger partial charge in [-0.15, -0.1) is 0 Å². The average Bonchev–Trinajstić information content (AvgIpc) is 3.11. The largest absolute Gasteiger partial charge is 0.462 e. The van der Waals surface area contributed by atoms with Crippen LogP contribution in [0.3, 0.4) is 0 Å². The van der Waals surface area contributed by atoms with Crippen LogP contribution in [0.4, 0.5) is 0 Å². The van der Waals surface area contributed by atoms with E-state index in [2.05, 4.69) is 57.2 Å². The van der Waals surface area contributed by atoms with Gasteiger partial charge in [0, 0.05) is 19.4 Å². The summed E-state index contributed by atoms with van der Waals surface area (Å²) in [4.78, 5) is 25.0. The van der Waals surface area contributed by atoms with Gasteiger partial charge >= 0.3 is 11.9 Å². The van der Waals surface area contributed by atoms with Crippen LogP contribution in [0.1, 0.15) is 213 Å². The lowest BCUT2D eigenvalue weighted by Crippen LogP contribution is -2.30. The van der Waals surface area contributed by atoms with E-state index in [0.717, 1.165) is 64.2 Å². The van der Waals surface area contributed by atoms with Crippen LogP contribution in [0.15, 0.2) is 36.5 Å². The molecule has 0 rings (SSSR count). The summed E-state index contributed by atoms with van der Waals surface area (Å²) in [5, 5.41) is 0. The van der Waals surface area contributed by atoms with Crippen LogP contribution in [0.25, 0.3) is 0 Å². The molecule has 292 valence electrons. The first-order valence-electron chi connectivity index (χ1n) is 21.5. The normalized spacial score (nSPS) is 12.5. The van der Waals surface area contributed by atoms with Gasteiger partial charge in [0.25, 0.3) is 0 Å². The minimum Gasteiger partial charge on any atom is -0.462 e. The first-order valence-corrected chi connectivity index (χ1v) is 21.5. The Morgan fingerprint density at radius 2 is 0.900 bits per heavy atom. The fourth-order valence-corrected chi connectivity index (χ4v) is 5.99. The first-order chi connectivity index (χ1) is 24.6. The van der Waals surface area contributed by atoms with Gasteiger partial charge in [0.15, 0.2) is 6.10 Å². The molecule has 0 fully saturated rings. The molecule has 0 saturated heterocycles. The molecule has 0 aromatic heterocycles. The molecule has 0 aromatic carbocycles. The summed E-state index contributed by atoms with van der Waals surface area (Å²) in [6.07, 6.45) is 47.2. The summed E-state index contributed by atoms with van der Waals surface area (Å²) in [7, 11) is 0. The molecule has 1 atom stereocenters. The number of ether oxygens (including phenoxy) is 3. The van der Waals surface area contributed by atoms with Crippen molar-refractivity contribution in [3.05, 3.63) is 36.5 Å². The molecule has 0 spiro atoms. The molecule has 0 bridgehead atoms. The van der Waals surface area contributed by atoms with Crippen LogP contribution < -0.4 is 0 Å². The Bertz CT molecular complexity index is 801. The lowest BCUT2D eigenvalue weighted by atomic mass is 10.1. The summed E-state index contributed by atoms with van der Waals surface area (Å²) in [6.45, 7) is 7.66. The quantitative estimate of drug-likeness (QED) is 0.0362. The lowest BCUT2D eigenvalue weighted by Gasteiger charge is -2.18. The van der Waals surface area contributed by atoms with Gasteiger partial charge in [0.05, 0.1) is 6.61 Å². The van der Waals surface area contributed by atoms with Crippen LogP contribution in [0.2, 0.25) is 0 Å². The number of hydrogen-bond donors (Lipinski definition) is 0. The molecule has 1 unspecified atom stereocenters. The van der Waals surface area contributed by atoms with Crippen LogP contribution in [-0.4, -0.2) is 37.9 Å². The molecule has 0 radical (unpaired) electrons. The van der Waals surface area contributed by atoms with Crippen molar-refractivity contribution in [1.82, 2.24) is 0 Å². The monoisotopic (exact) mass is 703 g/mol. The number of hydrogen-bond acceptors (Lipinski definition) is 5. The average molecular weight is 703 g/mol. The van der Waals surface area contributed by atoms with Crippen LogP contribution in [-0.2, 0) is 23.8 Å². The Labute approximate surface area is 310 Å². The van der Waals surface area contributed by atoms with Crippen molar-refractivity contribution in [1.29, 1.82) is 0 Å². The molecule has 0 aliphatic heterocycles. The van der Waals surface area contributed by atoms with Gasteiger partial charge in [-0.3, -0.25) is 9.59 Å². The highest BCUT2D eigenvalue weighted by atomic mass is 16.6. The zero-order chi connectivity index (χ0) is 36.4. The van der Waals surface area contributed by atoms with Gasteiger partial charge in [-0.2, -0.15) is 0 Å². The summed E-state index contributed by atoms with van der Waals surface area (Å²) < 4.78 is 17.2. The Kier molecular flexibility index (Phi) is 40.0. The Balaban J connectivity index is 4.17. The second-order valence-corrected chi connectivity index (χ2v) is 14.2. The third-order valence-electron chi connectivity index (χ3n) is 9.19. The third-order valence-corrected chi connectivity index (χ3v) is 9.19. The van der Waals surface area contributed by atoms with E-state index in [9.17, 15) is 9.59 Å². The second kappa shape index (κ2) is 41.5. The van der Waals surface area contributed by atoms with E-state index in [1.54, 1.807) is 0 Å². The van der Waals surface area contributed by atoms with Crippen molar-refractivity contribution < 1.29 is 23.8 Å². The fraction of sp³-hybridized carbons (Fsp3) is 0.822. The maximum Gasteiger partial charge on any atom is 0.306 e. The van der Waals surface area contributed by atoms with E-state index in [4.69, 9.17) is 14.2 Å². The third kappa shape index (κ3) is 38.9. The van der Waals surface area contributed by atoms with Gasteiger partial charge in [-0.25, -0.2) is 0 Å². The Hall–Kier alpha value is -1.88. The molecule has 0 amide bonds. The minimum atomic E-state index is -0.533. The number of carbonyl (C=O) groups is 2. The van der Waals surface area contributed by atoms with Crippen molar-refractivity contribution >= 4 is 11.9 Å². The highest BCUT2D eigenvalue weighted by molar-refractivity contribution is 5.70. The number of allylic oxidation sites excluding steroid dienone is 6. The van der Waals surface area contributed by atoms with Gasteiger partial charge in [-0.1, -0.05) is 186 Å². The van der Waals surface area contributed by atoms with E-state index in [0.29, 0.717) is 19.4 Å². The molecule has 50 heavy (non-hydrogen) atoms.